The SMILES string of the molecule is [CH2]OP(=O)(COC1(Cn2cnc3c(OCC)nc(N)nc32)CC1)OCOC(=O)C(C)(C)C. The first-order valence-electron chi connectivity index (χ1n) is 10.1. The maximum Gasteiger partial charge on any atom is 0.359 e. The Morgan fingerprint density at radius 1 is 1.34 bits per heavy atom. The number of carbonyl (C=O) groups excluding carboxylic acids is 1. The van der Waals surface area contributed by atoms with Crippen LogP contribution in [-0.2, 0) is 34.4 Å². The quantitative estimate of drug-likeness (QED) is 0.293. The number of nitrogens with zero attached hydrogens (tertiary/aromatic N) is 4. The lowest BCUT2D eigenvalue weighted by atomic mass is 9.98. The molecule has 1 aliphatic carbocycles. The molecule has 0 saturated heterocycles. The van der Waals surface area contributed by atoms with E-state index in [1.165, 1.54) is 0 Å². The summed E-state index contributed by atoms with van der Waals surface area (Å²) in [5.74, 6) is -0.110. The second-order valence-electron chi connectivity index (χ2n) is 8.49. The number of carbonyl (C=O) groups is 1. The van der Waals surface area contributed by atoms with Crippen molar-refractivity contribution < 1.29 is 32.6 Å². The van der Waals surface area contributed by atoms with Crippen molar-refractivity contribution in [1.29, 1.82) is 0 Å². The van der Waals surface area contributed by atoms with Crippen molar-refractivity contribution in [2.75, 3.05) is 25.5 Å². The molecule has 12 nitrogen and oxygen atoms in total. The topological polar surface area (TPSA) is 150 Å². The van der Waals surface area contributed by atoms with Crippen LogP contribution in [0.2, 0.25) is 0 Å². The molecule has 1 aliphatic rings. The Kier molecular flexibility index (Phi) is 7.09. The zero-order valence-corrected chi connectivity index (χ0v) is 19.6. The zero-order chi connectivity index (χ0) is 23.6. The van der Waals surface area contributed by atoms with Crippen LogP contribution in [0.1, 0.15) is 40.5 Å². The second-order valence-corrected chi connectivity index (χ2v) is 10.5. The number of ether oxygens (including phenoxy) is 3. The van der Waals surface area contributed by atoms with Crippen LogP contribution in [0.15, 0.2) is 6.33 Å². The summed E-state index contributed by atoms with van der Waals surface area (Å²) in [5, 5.41) is 0. The largest absolute Gasteiger partial charge is 0.476 e. The van der Waals surface area contributed by atoms with Crippen LogP contribution >= 0.6 is 7.60 Å². The van der Waals surface area contributed by atoms with Crippen molar-refractivity contribution >= 4 is 30.7 Å². The summed E-state index contributed by atoms with van der Waals surface area (Å²) in [5.41, 5.74) is 5.50. The smallest absolute Gasteiger partial charge is 0.359 e. The predicted molar refractivity (Wildman–Crippen MR) is 114 cm³/mol. The molecule has 2 N–H and O–H groups in total. The van der Waals surface area contributed by atoms with E-state index in [4.69, 9.17) is 29.0 Å². The zero-order valence-electron chi connectivity index (χ0n) is 18.7. The summed E-state index contributed by atoms with van der Waals surface area (Å²) in [4.78, 5) is 24.5. The van der Waals surface area contributed by atoms with Gasteiger partial charge in [0.2, 0.25) is 18.6 Å². The van der Waals surface area contributed by atoms with Gasteiger partial charge in [-0.2, -0.15) is 9.97 Å². The minimum absolute atomic E-state index is 0.0710. The van der Waals surface area contributed by atoms with Crippen LogP contribution in [0.3, 0.4) is 0 Å². The standard InChI is InChI=1S/C19H29N5O7P/c1-6-28-15-13-14(22-17(20)23-15)24(10-21-13)9-19(7-8-19)30-12-32(26,27-5)31-11-29-16(25)18(2,3)4/h10H,5-9,11-12H2,1-4H3,(H2,20,22,23). The van der Waals surface area contributed by atoms with Crippen LogP contribution in [0, 0.1) is 12.5 Å². The molecule has 2 heterocycles. The number of nitrogen functional groups attached to an aromatic ring is 1. The Hall–Kier alpha value is -2.27. The fourth-order valence-corrected chi connectivity index (χ4v) is 3.66. The van der Waals surface area contributed by atoms with Gasteiger partial charge in [-0.25, -0.2) is 4.98 Å². The van der Waals surface area contributed by atoms with Gasteiger partial charge in [0, 0.05) is 0 Å². The van der Waals surface area contributed by atoms with E-state index in [1.54, 1.807) is 31.7 Å². The monoisotopic (exact) mass is 470 g/mol. The Balaban J connectivity index is 1.63. The minimum Gasteiger partial charge on any atom is -0.476 e. The molecular weight excluding hydrogens is 441 g/mol. The summed E-state index contributed by atoms with van der Waals surface area (Å²) in [6, 6.07) is 0. The molecule has 1 saturated carbocycles. The lowest BCUT2D eigenvalue weighted by molar-refractivity contribution is -0.160. The molecule has 0 aromatic carbocycles. The summed E-state index contributed by atoms with van der Waals surface area (Å²) in [6.07, 6.45) is 2.70. The van der Waals surface area contributed by atoms with Crippen molar-refractivity contribution in [2.45, 2.75) is 52.7 Å². The third-order valence-electron chi connectivity index (χ3n) is 4.77. The second kappa shape index (κ2) is 9.30. The number of imidazole rings is 1. The van der Waals surface area contributed by atoms with Gasteiger partial charge in [0.1, 0.15) is 6.35 Å². The van der Waals surface area contributed by atoms with Crippen LogP contribution in [-0.4, -0.2) is 50.8 Å². The van der Waals surface area contributed by atoms with Crippen molar-refractivity contribution in [3.8, 4) is 5.88 Å². The van der Waals surface area contributed by atoms with Crippen LogP contribution < -0.4 is 10.5 Å². The average molecular weight is 470 g/mol. The van der Waals surface area contributed by atoms with E-state index in [0.717, 1.165) is 12.8 Å². The maximum absolute atomic E-state index is 12.8. The lowest BCUT2D eigenvalue weighted by Crippen LogP contribution is -2.25. The molecule has 2 aromatic heterocycles. The Morgan fingerprint density at radius 3 is 2.66 bits per heavy atom. The molecule has 0 spiro atoms. The molecule has 32 heavy (non-hydrogen) atoms. The molecule has 1 radical (unpaired) electrons. The molecule has 2 aromatic rings. The first-order chi connectivity index (χ1) is 15.0. The van der Waals surface area contributed by atoms with Crippen molar-refractivity contribution in [1.82, 2.24) is 19.5 Å². The van der Waals surface area contributed by atoms with E-state index in [2.05, 4.69) is 22.1 Å². The summed E-state index contributed by atoms with van der Waals surface area (Å²) < 4.78 is 40.9. The number of hydrogen-bond acceptors (Lipinski definition) is 11. The van der Waals surface area contributed by atoms with Gasteiger partial charge >= 0.3 is 13.6 Å². The average Bonchev–Trinajstić information content (AvgIpc) is 3.38. The molecule has 1 fully saturated rings. The van der Waals surface area contributed by atoms with Crippen molar-refractivity contribution in [3.05, 3.63) is 13.4 Å². The Labute approximate surface area is 186 Å². The Morgan fingerprint density at radius 2 is 2.06 bits per heavy atom. The molecule has 3 rings (SSSR count). The maximum atomic E-state index is 12.8. The van der Waals surface area contributed by atoms with Crippen molar-refractivity contribution in [3.63, 3.8) is 0 Å². The normalized spacial score (nSPS) is 17.2. The van der Waals surface area contributed by atoms with Crippen molar-refractivity contribution in [2.24, 2.45) is 5.41 Å². The third-order valence-corrected chi connectivity index (χ3v) is 6.11. The van der Waals surface area contributed by atoms with E-state index in [1.807, 2.05) is 6.92 Å². The highest BCUT2D eigenvalue weighted by Gasteiger charge is 2.46. The number of anilines is 1. The van der Waals surface area contributed by atoms with Gasteiger partial charge in [-0.05, 0) is 40.5 Å². The van der Waals surface area contributed by atoms with E-state index in [9.17, 15) is 9.36 Å². The minimum atomic E-state index is -3.73. The van der Waals surface area contributed by atoms with Gasteiger partial charge in [-0.15, -0.1) is 0 Å². The molecule has 0 bridgehead atoms. The molecule has 177 valence electrons. The number of fused-ring (bicyclic) bond motifs is 1. The number of nitrogens with two attached hydrogens (primary N) is 1. The first-order valence-corrected chi connectivity index (χ1v) is 11.8. The van der Waals surface area contributed by atoms with Crippen LogP contribution in [0.4, 0.5) is 5.95 Å². The van der Waals surface area contributed by atoms with Gasteiger partial charge in [-0.1, -0.05) is 0 Å². The highest BCUT2D eigenvalue weighted by Crippen LogP contribution is 2.52. The summed E-state index contributed by atoms with van der Waals surface area (Å²) in [7, 11) is -0.519. The first kappa shape index (κ1) is 24.4. The van der Waals surface area contributed by atoms with E-state index in [-0.39, 0.29) is 12.3 Å². The van der Waals surface area contributed by atoms with E-state index in [0.29, 0.717) is 30.2 Å². The number of hydrogen-bond donors (Lipinski definition) is 1. The van der Waals surface area contributed by atoms with Crippen LogP contribution in [0.25, 0.3) is 11.2 Å². The predicted octanol–water partition coefficient (Wildman–Crippen LogP) is 2.88. The molecule has 13 heteroatoms. The van der Waals surface area contributed by atoms with Gasteiger partial charge in [0.25, 0.3) is 0 Å². The summed E-state index contributed by atoms with van der Waals surface area (Å²) >= 11 is 0. The summed E-state index contributed by atoms with van der Waals surface area (Å²) in [6.45, 7) is 7.21. The molecule has 0 amide bonds. The molecule has 0 aliphatic heterocycles. The van der Waals surface area contributed by atoms with E-state index < -0.39 is 31.4 Å². The fourth-order valence-electron chi connectivity index (χ4n) is 2.79. The Bertz CT molecular complexity index is 1020. The van der Waals surface area contributed by atoms with Crippen LogP contribution in [0.5, 0.6) is 5.88 Å². The van der Waals surface area contributed by atoms with Gasteiger partial charge in [0.05, 0.1) is 37.6 Å². The number of aromatic nitrogens is 4. The van der Waals surface area contributed by atoms with Gasteiger partial charge in [-0.3, -0.25) is 13.9 Å². The number of esters is 1. The fraction of sp³-hybridized carbons (Fsp3) is 0.632. The molecular formula is C19H29N5O7P. The van der Waals surface area contributed by atoms with E-state index >= 15 is 0 Å². The van der Waals surface area contributed by atoms with Gasteiger partial charge in [0.15, 0.2) is 11.2 Å². The third kappa shape index (κ3) is 5.74. The van der Waals surface area contributed by atoms with Gasteiger partial charge < -0.3 is 29.0 Å². The molecule has 1 atom stereocenters. The molecule has 1 unspecified atom stereocenters. The highest BCUT2D eigenvalue weighted by molar-refractivity contribution is 7.53. The highest BCUT2D eigenvalue weighted by atomic mass is 31.2. The lowest BCUT2D eigenvalue weighted by Gasteiger charge is -2.22. The number of rotatable bonds is 11.